The summed E-state index contributed by atoms with van der Waals surface area (Å²) in [6, 6.07) is 5.95. The average Bonchev–Trinajstić information content (AvgIpc) is 3.22. The van der Waals surface area contributed by atoms with Crippen LogP contribution in [0.2, 0.25) is 0 Å². The normalized spacial score (nSPS) is 10.8. The minimum Gasteiger partial charge on any atom is -0.461 e. The lowest BCUT2D eigenvalue weighted by Gasteiger charge is -2.00. The molecule has 8 heteroatoms. The number of ether oxygens (including phenoxy) is 1. The van der Waals surface area contributed by atoms with Crippen LogP contribution < -0.4 is 0 Å². The van der Waals surface area contributed by atoms with Gasteiger partial charge in [0.25, 0.3) is 0 Å². The molecule has 0 saturated carbocycles. The summed E-state index contributed by atoms with van der Waals surface area (Å²) < 4.78 is 23.5. The van der Waals surface area contributed by atoms with E-state index in [1.54, 1.807) is 24.4 Å². The molecule has 0 bridgehead atoms. The number of alkyl halides is 1. The molecule has 0 N–H and O–H groups in total. The third kappa shape index (κ3) is 3.25. The van der Waals surface area contributed by atoms with Crippen molar-refractivity contribution in [2.45, 2.75) is 12.3 Å². The van der Waals surface area contributed by atoms with Crippen molar-refractivity contribution in [1.29, 1.82) is 0 Å². The number of halogens is 2. The number of hydrogen-bond acceptors (Lipinski definition) is 6. The Labute approximate surface area is 149 Å². The fourth-order valence-corrected chi connectivity index (χ4v) is 3.36. The topological polar surface area (TPSA) is 65.2 Å². The third-order valence-electron chi connectivity index (χ3n) is 3.20. The van der Waals surface area contributed by atoms with Crippen LogP contribution in [0.3, 0.4) is 0 Å². The molecular weight excluding hydrogens is 399 g/mol. The van der Waals surface area contributed by atoms with E-state index in [0.29, 0.717) is 32.9 Å². The summed E-state index contributed by atoms with van der Waals surface area (Å²) >= 11 is 4.65. The number of hydrogen-bond donors (Lipinski definition) is 0. The number of thiazole rings is 1. The fourth-order valence-electron chi connectivity index (χ4n) is 2.13. The maximum absolute atomic E-state index is 13.1. The van der Waals surface area contributed by atoms with Gasteiger partial charge < -0.3 is 9.26 Å². The Balaban J connectivity index is 2.05. The maximum atomic E-state index is 13.1. The van der Waals surface area contributed by atoms with Crippen LogP contribution >= 0.6 is 27.3 Å². The SMILES string of the molecule is CCOC(=O)c1csc(-c2c(-c3ccc(F)cc3)noc2CBr)n1. The van der Waals surface area contributed by atoms with E-state index in [1.165, 1.54) is 23.5 Å². The number of aromatic nitrogens is 2. The molecule has 0 aliphatic rings. The predicted octanol–water partition coefficient (Wildman–Crippen LogP) is 4.68. The van der Waals surface area contributed by atoms with Gasteiger partial charge in [-0.25, -0.2) is 14.2 Å². The molecule has 3 rings (SSSR count). The van der Waals surface area contributed by atoms with Crippen LogP contribution in [-0.2, 0) is 10.1 Å². The van der Waals surface area contributed by atoms with Crippen molar-refractivity contribution in [2.75, 3.05) is 6.61 Å². The molecular formula is C16H12BrFN2O3S. The fraction of sp³-hybridized carbons (Fsp3) is 0.188. The molecule has 0 aliphatic carbocycles. The highest BCUT2D eigenvalue weighted by molar-refractivity contribution is 9.08. The monoisotopic (exact) mass is 410 g/mol. The number of rotatable bonds is 5. The maximum Gasteiger partial charge on any atom is 0.357 e. The van der Waals surface area contributed by atoms with Gasteiger partial charge in [0.05, 0.1) is 17.5 Å². The zero-order valence-electron chi connectivity index (χ0n) is 12.6. The first kappa shape index (κ1) is 16.8. The van der Waals surface area contributed by atoms with Crippen molar-refractivity contribution < 1.29 is 18.4 Å². The highest BCUT2D eigenvalue weighted by Crippen LogP contribution is 2.37. The van der Waals surface area contributed by atoms with Crippen molar-refractivity contribution in [3.05, 3.63) is 46.9 Å². The molecule has 2 aromatic heterocycles. The summed E-state index contributed by atoms with van der Waals surface area (Å²) in [5.41, 5.74) is 2.17. The Morgan fingerprint density at radius 1 is 1.38 bits per heavy atom. The van der Waals surface area contributed by atoms with Crippen molar-refractivity contribution >= 4 is 33.2 Å². The van der Waals surface area contributed by atoms with Gasteiger partial charge in [-0.15, -0.1) is 11.3 Å². The van der Waals surface area contributed by atoms with Gasteiger partial charge in [0, 0.05) is 10.9 Å². The lowest BCUT2D eigenvalue weighted by Crippen LogP contribution is -2.04. The zero-order chi connectivity index (χ0) is 17.1. The molecule has 3 aromatic rings. The highest BCUT2D eigenvalue weighted by Gasteiger charge is 2.23. The summed E-state index contributed by atoms with van der Waals surface area (Å²) in [6.45, 7) is 2.02. The molecule has 1 aromatic carbocycles. The molecule has 0 fully saturated rings. The molecule has 124 valence electrons. The molecule has 24 heavy (non-hydrogen) atoms. The van der Waals surface area contributed by atoms with Gasteiger partial charge in [0.15, 0.2) is 11.5 Å². The number of carbonyl (C=O) groups excluding carboxylic acids is 1. The smallest absolute Gasteiger partial charge is 0.357 e. The Morgan fingerprint density at radius 3 is 2.79 bits per heavy atom. The highest BCUT2D eigenvalue weighted by atomic mass is 79.9. The number of nitrogens with zero attached hydrogens (tertiary/aromatic N) is 2. The van der Waals surface area contributed by atoms with Gasteiger partial charge in [-0.3, -0.25) is 0 Å². The van der Waals surface area contributed by atoms with Crippen LogP contribution in [0.1, 0.15) is 23.2 Å². The molecule has 0 radical (unpaired) electrons. The second kappa shape index (κ2) is 7.23. The van der Waals surface area contributed by atoms with E-state index in [9.17, 15) is 9.18 Å². The van der Waals surface area contributed by atoms with Gasteiger partial charge in [-0.2, -0.15) is 0 Å². The van der Waals surface area contributed by atoms with Gasteiger partial charge in [0.2, 0.25) is 0 Å². The summed E-state index contributed by atoms with van der Waals surface area (Å²) in [4.78, 5) is 16.1. The molecule has 0 saturated heterocycles. The van der Waals surface area contributed by atoms with E-state index >= 15 is 0 Å². The molecule has 5 nitrogen and oxygen atoms in total. The molecule has 0 amide bonds. The lowest BCUT2D eigenvalue weighted by molar-refractivity contribution is 0.0520. The standard InChI is InChI=1S/C16H12BrFN2O3S/c1-2-22-16(21)11-8-24-15(19-11)13-12(7-17)23-20-14(13)9-3-5-10(18)6-4-9/h3-6,8H,2,7H2,1H3. The quantitative estimate of drug-likeness (QED) is 0.451. The summed E-state index contributed by atoms with van der Waals surface area (Å²) in [5, 5.41) is 6.73. The van der Waals surface area contributed by atoms with Crippen molar-refractivity contribution in [3.8, 4) is 21.8 Å². The third-order valence-corrected chi connectivity index (χ3v) is 4.57. The number of esters is 1. The number of carbonyl (C=O) groups is 1. The van der Waals surface area contributed by atoms with Crippen LogP contribution in [0.15, 0.2) is 34.2 Å². The molecule has 0 aliphatic heterocycles. The number of benzene rings is 1. The Bertz CT molecular complexity index is 861. The zero-order valence-corrected chi connectivity index (χ0v) is 15.0. The van der Waals surface area contributed by atoms with Gasteiger partial charge in [0.1, 0.15) is 16.5 Å². The largest absolute Gasteiger partial charge is 0.461 e. The van der Waals surface area contributed by atoms with Crippen LogP contribution in [0.5, 0.6) is 0 Å². The minimum atomic E-state index is -0.472. The summed E-state index contributed by atoms with van der Waals surface area (Å²) in [7, 11) is 0. The van der Waals surface area contributed by atoms with E-state index < -0.39 is 5.97 Å². The van der Waals surface area contributed by atoms with Gasteiger partial charge in [-0.05, 0) is 31.2 Å². The van der Waals surface area contributed by atoms with Crippen molar-refractivity contribution in [2.24, 2.45) is 0 Å². The second-order valence-electron chi connectivity index (χ2n) is 4.73. The van der Waals surface area contributed by atoms with Gasteiger partial charge in [-0.1, -0.05) is 21.1 Å². The van der Waals surface area contributed by atoms with Crippen LogP contribution in [0.25, 0.3) is 21.8 Å². The predicted molar refractivity (Wildman–Crippen MR) is 91.6 cm³/mol. The van der Waals surface area contributed by atoms with Crippen LogP contribution in [0, 0.1) is 5.82 Å². The molecule has 2 heterocycles. The minimum absolute atomic E-state index is 0.239. The van der Waals surface area contributed by atoms with E-state index in [1.807, 2.05) is 0 Å². The lowest BCUT2D eigenvalue weighted by atomic mass is 10.1. The Hall–Kier alpha value is -2.06. The van der Waals surface area contributed by atoms with Gasteiger partial charge >= 0.3 is 5.97 Å². The van der Waals surface area contributed by atoms with E-state index in [0.717, 1.165) is 0 Å². The molecule has 0 spiro atoms. The first-order valence-corrected chi connectivity index (χ1v) is 9.07. The summed E-state index contributed by atoms with van der Waals surface area (Å²) in [5.74, 6) is -0.220. The average molecular weight is 411 g/mol. The summed E-state index contributed by atoms with van der Waals surface area (Å²) in [6.07, 6.45) is 0. The van der Waals surface area contributed by atoms with E-state index in [4.69, 9.17) is 9.26 Å². The Morgan fingerprint density at radius 2 is 2.12 bits per heavy atom. The first-order valence-electron chi connectivity index (χ1n) is 7.07. The molecule has 0 unspecified atom stereocenters. The Kier molecular flexibility index (Phi) is 5.06. The molecule has 0 atom stereocenters. The first-order chi connectivity index (χ1) is 11.6. The van der Waals surface area contributed by atoms with E-state index in [-0.39, 0.29) is 18.1 Å². The van der Waals surface area contributed by atoms with Crippen molar-refractivity contribution in [3.63, 3.8) is 0 Å². The van der Waals surface area contributed by atoms with E-state index in [2.05, 4.69) is 26.1 Å². The second-order valence-corrected chi connectivity index (χ2v) is 6.15. The van der Waals surface area contributed by atoms with Crippen LogP contribution in [0.4, 0.5) is 4.39 Å². The van der Waals surface area contributed by atoms with Crippen molar-refractivity contribution in [1.82, 2.24) is 10.1 Å². The van der Waals surface area contributed by atoms with Crippen LogP contribution in [-0.4, -0.2) is 22.7 Å².